The smallest absolute Gasteiger partial charge is 0.194 e. The van der Waals surface area contributed by atoms with Crippen LogP contribution >= 0.6 is 0 Å². The number of rotatable bonds is 4. The fraction of sp³-hybridized carbons (Fsp3) is 0.688. The second kappa shape index (κ2) is 8.10. The van der Waals surface area contributed by atoms with Gasteiger partial charge in [0.25, 0.3) is 0 Å². The number of hydrogen-bond acceptors (Lipinski definition) is 2. The molecule has 1 fully saturated rings. The highest BCUT2D eigenvalue weighted by atomic mass is 16.3. The molecule has 4 nitrogen and oxygen atoms in total. The van der Waals surface area contributed by atoms with Crippen LogP contribution in [-0.2, 0) is 0 Å². The van der Waals surface area contributed by atoms with E-state index < -0.39 is 0 Å². The minimum Gasteiger partial charge on any atom is -0.393 e. The number of aliphatic hydroxyl groups excluding tert-OH is 1. The van der Waals surface area contributed by atoms with Gasteiger partial charge in [-0.15, -0.1) is 6.58 Å². The third kappa shape index (κ3) is 4.67. The largest absolute Gasteiger partial charge is 0.393 e. The van der Waals surface area contributed by atoms with E-state index in [1.165, 1.54) is 12.8 Å². The van der Waals surface area contributed by atoms with E-state index in [0.717, 1.165) is 51.4 Å². The fourth-order valence-electron chi connectivity index (χ4n) is 2.75. The van der Waals surface area contributed by atoms with Crippen LogP contribution in [-0.4, -0.2) is 48.2 Å². The lowest BCUT2D eigenvalue weighted by atomic mass is 9.95. The zero-order valence-corrected chi connectivity index (χ0v) is 12.3. The van der Waals surface area contributed by atoms with Crippen molar-refractivity contribution in [2.75, 3.05) is 26.2 Å². The van der Waals surface area contributed by atoms with E-state index in [0.29, 0.717) is 5.92 Å². The van der Waals surface area contributed by atoms with E-state index in [1.54, 1.807) is 0 Å². The first kappa shape index (κ1) is 15.1. The summed E-state index contributed by atoms with van der Waals surface area (Å²) in [5.74, 6) is 1.65. The van der Waals surface area contributed by atoms with Crippen molar-refractivity contribution in [2.24, 2.45) is 10.9 Å². The Morgan fingerprint density at radius 3 is 2.80 bits per heavy atom. The van der Waals surface area contributed by atoms with Crippen molar-refractivity contribution in [3.8, 4) is 0 Å². The van der Waals surface area contributed by atoms with Gasteiger partial charge < -0.3 is 15.3 Å². The average Bonchev–Trinajstić information content (AvgIpc) is 2.50. The number of aliphatic hydroxyl groups is 1. The molecule has 0 spiro atoms. The fourth-order valence-corrected chi connectivity index (χ4v) is 2.75. The van der Waals surface area contributed by atoms with Crippen LogP contribution in [0.5, 0.6) is 0 Å². The Balaban J connectivity index is 1.91. The molecule has 1 saturated heterocycles. The van der Waals surface area contributed by atoms with Gasteiger partial charge in [-0.2, -0.15) is 0 Å². The van der Waals surface area contributed by atoms with E-state index in [1.807, 2.05) is 6.08 Å². The topological polar surface area (TPSA) is 47.9 Å². The van der Waals surface area contributed by atoms with Crippen LogP contribution in [0.1, 0.15) is 32.1 Å². The number of piperidine rings is 1. The van der Waals surface area contributed by atoms with Crippen LogP contribution in [0.4, 0.5) is 0 Å². The van der Waals surface area contributed by atoms with Crippen molar-refractivity contribution in [1.82, 2.24) is 10.2 Å². The monoisotopic (exact) mass is 277 g/mol. The van der Waals surface area contributed by atoms with Crippen LogP contribution in [0.25, 0.3) is 0 Å². The van der Waals surface area contributed by atoms with Crippen molar-refractivity contribution in [2.45, 2.75) is 38.2 Å². The molecule has 0 aromatic rings. The zero-order chi connectivity index (χ0) is 14.2. The quantitative estimate of drug-likeness (QED) is 0.469. The predicted molar refractivity (Wildman–Crippen MR) is 83.8 cm³/mol. The van der Waals surface area contributed by atoms with Crippen molar-refractivity contribution in [3.05, 3.63) is 24.8 Å². The summed E-state index contributed by atoms with van der Waals surface area (Å²) in [5.41, 5.74) is 0. The first-order chi connectivity index (χ1) is 9.79. The highest BCUT2D eigenvalue weighted by Gasteiger charge is 2.20. The van der Waals surface area contributed by atoms with Crippen molar-refractivity contribution in [3.63, 3.8) is 0 Å². The lowest BCUT2D eigenvalue weighted by molar-refractivity contribution is 0.108. The average molecular weight is 277 g/mol. The summed E-state index contributed by atoms with van der Waals surface area (Å²) >= 11 is 0. The number of nitrogens with zero attached hydrogens (tertiary/aromatic N) is 2. The first-order valence-electron chi connectivity index (χ1n) is 7.77. The molecule has 2 N–H and O–H groups in total. The van der Waals surface area contributed by atoms with Gasteiger partial charge in [0.05, 0.1) is 6.10 Å². The standard InChI is InChI=1S/C16H27N3O/c1-2-10-17-16(19-11-8-15(20)9-12-19)18-13-14-6-4-3-5-7-14/h2-4,14-15,20H,1,5-13H2,(H,17,18). The third-order valence-corrected chi connectivity index (χ3v) is 4.05. The molecule has 4 heteroatoms. The maximum atomic E-state index is 9.61. The van der Waals surface area contributed by atoms with Crippen LogP contribution < -0.4 is 5.32 Å². The molecule has 1 unspecified atom stereocenters. The number of aliphatic imine (C=N–C) groups is 1. The van der Waals surface area contributed by atoms with Crippen LogP contribution in [0, 0.1) is 5.92 Å². The van der Waals surface area contributed by atoms with Gasteiger partial charge in [0.2, 0.25) is 0 Å². The second-order valence-electron chi connectivity index (χ2n) is 5.70. The molecule has 0 aromatic heterocycles. The van der Waals surface area contributed by atoms with E-state index in [4.69, 9.17) is 4.99 Å². The lowest BCUT2D eigenvalue weighted by Crippen LogP contribution is -2.46. The summed E-state index contributed by atoms with van der Waals surface area (Å²) in [6.07, 6.45) is 11.5. The number of guanidine groups is 1. The zero-order valence-electron chi connectivity index (χ0n) is 12.3. The maximum absolute atomic E-state index is 9.61. The SMILES string of the molecule is C=CCNC(=NCC1CC=CCC1)N1CCC(O)CC1. The van der Waals surface area contributed by atoms with Gasteiger partial charge in [0, 0.05) is 26.2 Å². The van der Waals surface area contributed by atoms with Gasteiger partial charge in [-0.25, -0.2) is 0 Å². The Bertz CT molecular complexity index is 357. The lowest BCUT2D eigenvalue weighted by Gasteiger charge is -2.32. The van der Waals surface area contributed by atoms with Crippen LogP contribution in [0.3, 0.4) is 0 Å². The Hall–Kier alpha value is -1.29. The van der Waals surface area contributed by atoms with Gasteiger partial charge in [0.15, 0.2) is 5.96 Å². The Kier molecular flexibility index (Phi) is 6.12. The molecule has 0 amide bonds. The molecule has 1 aliphatic heterocycles. The van der Waals surface area contributed by atoms with E-state index in [2.05, 4.69) is 28.9 Å². The molecule has 0 saturated carbocycles. The summed E-state index contributed by atoms with van der Waals surface area (Å²) in [6, 6.07) is 0. The van der Waals surface area contributed by atoms with Gasteiger partial charge in [-0.05, 0) is 38.0 Å². The Labute approximate surface area is 122 Å². The second-order valence-corrected chi connectivity index (χ2v) is 5.70. The molecule has 0 radical (unpaired) electrons. The molecule has 1 heterocycles. The molecular formula is C16H27N3O. The summed E-state index contributed by atoms with van der Waals surface area (Å²) in [6.45, 7) is 7.15. The van der Waals surface area contributed by atoms with Crippen molar-refractivity contribution in [1.29, 1.82) is 0 Å². The van der Waals surface area contributed by atoms with Gasteiger partial charge in [-0.3, -0.25) is 4.99 Å². The number of allylic oxidation sites excluding steroid dienone is 2. The van der Waals surface area contributed by atoms with Crippen molar-refractivity contribution < 1.29 is 5.11 Å². The minimum absolute atomic E-state index is 0.143. The molecular weight excluding hydrogens is 250 g/mol. The Morgan fingerprint density at radius 2 is 2.15 bits per heavy atom. The molecule has 112 valence electrons. The van der Waals surface area contributed by atoms with Crippen molar-refractivity contribution >= 4 is 5.96 Å². The molecule has 2 rings (SSSR count). The first-order valence-corrected chi connectivity index (χ1v) is 7.77. The third-order valence-electron chi connectivity index (χ3n) is 4.05. The molecule has 0 bridgehead atoms. The Morgan fingerprint density at radius 1 is 1.35 bits per heavy atom. The maximum Gasteiger partial charge on any atom is 0.194 e. The van der Waals surface area contributed by atoms with Gasteiger partial charge in [0.1, 0.15) is 0 Å². The van der Waals surface area contributed by atoms with Gasteiger partial charge >= 0.3 is 0 Å². The normalized spacial score (nSPS) is 24.8. The number of likely N-dealkylation sites (tertiary alicyclic amines) is 1. The van der Waals surface area contributed by atoms with Crippen LogP contribution in [0.2, 0.25) is 0 Å². The van der Waals surface area contributed by atoms with E-state index in [-0.39, 0.29) is 6.10 Å². The van der Waals surface area contributed by atoms with E-state index in [9.17, 15) is 5.11 Å². The molecule has 1 aliphatic carbocycles. The molecule has 2 aliphatic rings. The number of hydrogen-bond donors (Lipinski definition) is 2. The van der Waals surface area contributed by atoms with Crippen LogP contribution in [0.15, 0.2) is 29.8 Å². The predicted octanol–water partition coefficient (Wildman–Crippen LogP) is 1.93. The highest BCUT2D eigenvalue weighted by Crippen LogP contribution is 2.18. The summed E-state index contributed by atoms with van der Waals surface area (Å²) in [5, 5.41) is 13.0. The number of nitrogens with one attached hydrogen (secondary N) is 1. The van der Waals surface area contributed by atoms with Gasteiger partial charge in [-0.1, -0.05) is 18.2 Å². The summed E-state index contributed by atoms with van der Waals surface area (Å²) in [7, 11) is 0. The molecule has 0 aromatic carbocycles. The highest BCUT2D eigenvalue weighted by molar-refractivity contribution is 5.80. The summed E-state index contributed by atoms with van der Waals surface area (Å²) in [4.78, 5) is 7.06. The molecule has 20 heavy (non-hydrogen) atoms. The van der Waals surface area contributed by atoms with E-state index >= 15 is 0 Å². The minimum atomic E-state index is -0.143. The molecule has 1 atom stereocenters. The summed E-state index contributed by atoms with van der Waals surface area (Å²) < 4.78 is 0.